The molecule has 0 fully saturated rings. The molecule has 0 saturated heterocycles. The molecule has 0 aromatic heterocycles. The first-order valence-electron chi connectivity index (χ1n) is 2.43. The summed E-state index contributed by atoms with van der Waals surface area (Å²) in [5.74, 6) is -0.0909. The van der Waals surface area contributed by atoms with Crippen molar-refractivity contribution in [2.24, 2.45) is 0 Å². The summed E-state index contributed by atoms with van der Waals surface area (Å²) in [6.45, 7) is 2.70. The van der Waals surface area contributed by atoms with E-state index in [0.717, 1.165) is 6.54 Å². The second-order valence-corrected chi connectivity index (χ2v) is 1.45. The van der Waals surface area contributed by atoms with Gasteiger partial charge in [-0.1, -0.05) is 5.59 Å². The molecule has 0 aromatic rings. The van der Waals surface area contributed by atoms with Crippen molar-refractivity contribution in [2.75, 3.05) is 6.54 Å². The zero-order valence-corrected chi connectivity index (χ0v) is 4.59. The molecule has 1 aliphatic heterocycles. The molecular formula is C4H8N2O2. The van der Waals surface area contributed by atoms with E-state index in [1.54, 1.807) is 5.01 Å². The maximum absolute atomic E-state index is 8.57. The highest BCUT2D eigenvalue weighted by atomic mass is 16.8. The lowest BCUT2D eigenvalue weighted by Gasteiger charge is -2.07. The van der Waals surface area contributed by atoms with E-state index in [-0.39, 0.29) is 5.95 Å². The Labute approximate surface area is 47.3 Å². The van der Waals surface area contributed by atoms with E-state index in [4.69, 9.17) is 5.11 Å². The van der Waals surface area contributed by atoms with Crippen LogP contribution in [0.1, 0.15) is 6.92 Å². The first kappa shape index (κ1) is 5.24. The lowest BCUT2D eigenvalue weighted by molar-refractivity contribution is -0.0192. The standard InChI is InChI=1S/C4H8N2O2/c1-2-6-3-4(7)8-5-6/h3,5,7H,2H2,1H3. The van der Waals surface area contributed by atoms with Gasteiger partial charge < -0.3 is 9.94 Å². The topological polar surface area (TPSA) is 44.7 Å². The summed E-state index contributed by atoms with van der Waals surface area (Å²) in [7, 11) is 0. The quantitative estimate of drug-likeness (QED) is 0.510. The highest BCUT2D eigenvalue weighted by Gasteiger charge is 2.07. The Hall–Kier alpha value is -0.900. The predicted molar refractivity (Wildman–Crippen MR) is 27.3 cm³/mol. The molecular weight excluding hydrogens is 108 g/mol. The zero-order valence-electron chi connectivity index (χ0n) is 4.59. The van der Waals surface area contributed by atoms with Crippen LogP contribution in [0.25, 0.3) is 0 Å². The molecule has 0 unspecified atom stereocenters. The Morgan fingerprint density at radius 3 is 3.00 bits per heavy atom. The summed E-state index contributed by atoms with van der Waals surface area (Å²) in [6, 6.07) is 0. The first-order valence-corrected chi connectivity index (χ1v) is 2.43. The molecule has 1 heterocycles. The molecule has 0 aliphatic carbocycles. The Morgan fingerprint density at radius 1 is 2.00 bits per heavy atom. The maximum Gasteiger partial charge on any atom is 0.317 e. The van der Waals surface area contributed by atoms with Gasteiger partial charge >= 0.3 is 5.95 Å². The molecule has 0 spiro atoms. The van der Waals surface area contributed by atoms with Crippen molar-refractivity contribution >= 4 is 0 Å². The van der Waals surface area contributed by atoms with Gasteiger partial charge in [-0.05, 0) is 6.92 Å². The van der Waals surface area contributed by atoms with Gasteiger partial charge in [0.05, 0.1) is 0 Å². The van der Waals surface area contributed by atoms with Crippen molar-refractivity contribution in [2.45, 2.75) is 6.92 Å². The van der Waals surface area contributed by atoms with Crippen molar-refractivity contribution in [1.29, 1.82) is 0 Å². The Bertz CT molecular complexity index is 113. The van der Waals surface area contributed by atoms with E-state index in [0.29, 0.717) is 0 Å². The molecule has 0 radical (unpaired) electrons. The minimum atomic E-state index is -0.0909. The van der Waals surface area contributed by atoms with Crippen LogP contribution in [0.15, 0.2) is 12.1 Å². The van der Waals surface area contributed by atoms with E-state index >= 15 is 0 Å². The van der Waals surface area contributed by atoms with Crippen LogP contribution in [0, 0.1) is 0 Å². The molecule has 46 valence electrons. The summed E-state index contributed by atoms with van der Waals surface area (Å²) >= 11 is 0. The minimum Gasteiger partial charge on any atom is -0.479 e. The molecule has 0 saturated carbocycles. The Morgan fingerprint density at radius 2 is 2.75 bits per heavy atom. The maximum atomic E-state index is 8.57. The molecule has 1 aliphatic rings. The van der Waals surface area contributed by atoms with Gasteiger partial charge in [-0.2, -0.15) is 0 Å². The monoisotopic (exact) mass is 116 g/mol. The number of aliphatic hydroxyl groups is 1. The van der Waals surface area contributed by atoms with Crippen LogP contribution in [-0.2, 0) is 4.84 Å². The van der Waals surface area contributed by atoms with Crippen LogP contribution in [0.4, 0.5) is 0 Å². The summed E-state index contributed by atoms with van der Waals surface area (Å²) in [5.41, 5.74) is 2.45. The fourth-order valence-electron chi connectivity index (χ4n) is 0.447. The van der Waals surface area contributed by atoms with E-state index in [2.05, 4.69) is 10.4 Å². The first-order chi connectivity index (χ1) is 3.83. The lowest BCUT2D eigenvalue weighted by Crippen LogP contribution is -2.26. The molecule has 4 nitrogen and oxygen atoms in total. The molecule has 0 amide bonds. The number of hydrogen-bond acceptors (Lipinski definition) is 4. The molecule has 2 N–H and O–H groups in total. The average molecular weight is 116 g/mol. The molecule has 0 atom stereocenters. The van der Waals surface area contributed by atoms with E-state index in [1.165, 1.54) is 6.20 Å². The summed E-state index contributed by atoms with van der Waals surface area (Å²) in [6.07, 6.45) is 1.47. The lowest BCUT2D eigenvalue weighted by atomic mass is 10.7. The SMILES string of the molecule is CCN1C=C(O)ON1. The molecule has 0 aromatic carbocycles. The van der Waals surface area contributed by atoms with Crippen molar-refractivity contribution in [3.05, 3.63) is 12.1 Å². The van der Waals surface area contributed by atoms with Gasteiger partial charge in [0.15, 0.2) is 0 Å². The van der Waals surface area contributed by atoms with Crippen LogP contribution in [0.2, 0.25) is 0 Å². The summed E-state index contributed by atoms with van der Waals surface area (Å²) < 4.78 is 0. The normalized spacial score (nSPS) is 18.1. The van der Waals surface area contributed by atoms with Gasteiger partial charge in [0.1, 0.15) is 6.20 Å². The number of aliphatic hydroxyl groups excluding tert-OH is 1. The molecule has 4 heteroatoms. The van der Waals surface area contributed by atoms with E-state index < -0.39 is 0 Å². The van der Waals surface area contributed by atoms with Gasteiger partial charge in [-0.15, -0.1) is 0 Å². The van der Waals surface area contributed by atoms with E-state index in [1.807, 2.05) is 6.92 Å². The predicted octanol–water partition coefficient (Wildman–Crippen LogP) is 0.115. The third-order valence-corrected chi connectivity index (χ3v) is 0.874. The minimum absolute atomic E-state index is 0.0909. The number of nitrogens with one attached hydrogen (secondary N) is 1. The number of rotatable bonds is 1. The zero-order chi connectivity index (χ0) is 5.98. The fraction of sp³-hybridized carbons (Fsp3) is 0.500. The number of hydrogen-bond donors (Lipinski definition) is 2. The van der Waals surface area contributed by atoms with Crippen LogP contribution < -0.4 is 5.59 Å². The van der Waals surface area contributed by atoms with Crippen molar-refractivity contribution in [1.82, 2.24) is 10.6 Å². The Kier molecular flexibility index (Phi) is 1.26. The van der Waals surface area contributed by atoms with Crippen LogP contribution in [-0.4, -0.2) is 16.7 Å². The third-order valence-electron chi connectivity index (χ3n) is 0.874. The van der Waals surface area contributed by atoms with Gasteiger partial charge in [-0.3, -0.25) is 5.01 Å². The third kappa shape index (κ3) is 0.840. The largest absolute Gasteiger partial charge is 0.479 e. The second kappa shape index (κ2) is 1.92. The van der Waals surface area contributed by atoms with Crippen LogP contribution >= 0.6 is 0 Å². The van der Waals surface area contributed by atoms with Gasteiger partial charge in [0, 0.05) is 6.54 Å². The number of nitrogens with zero attached hydrogens (tertiary/aromatic N) is 1. The molecule has 0 bridgehead atoms. The van der Waals surface area contributed by atoms with Crippen molar-refractivity contribution < 1.29 is 9.94 Å². The smallest absolute Gasteiger partial charge is 0.317 e. The second-order valence-electron chi connectivity index (χ2n) is 1.45. The average Bonchev–Trinajstić information content (AvgIpc) is 2.14. The highest BCUT2D eigenvalue weighted by molar-refractivity contribution is 4.82. The van der Waals surface area contributed by atoms with Crippen LogP contribution in [0.3, 0.4) is 0 Å². The van der Waals surface area contributed by atoms with E-state index in [9.17, 15) is 0 Å². The van der Waals surface area contributed by atoms with Crippen molar-refractivity contribution in [3.8, 4) is 0 Å². The van der Waals surface area contributed by atoms with Crippen LogP contribution in [0.5, 0.6) is 0 Å². The molecule has 1 rings (SSSR count). The van der Waals surface area contributed by atoms with Gasteiger partial charge in [-0.25, -0.2) is 0 Å². The highest BCUT2D eigenvalue weighted by Crippen LogP contribution is 1.99. The summed E-state index contributed by atoms with van der Waals surface area (Å²) in [4.78, 5) is 4.45. The fourth-order valence-corrected chi connectivity index (χ4v) is 0.447. The number of hydrazine groups is 1. The van der Waals surface area contributed by atoms with Gasteiger partial charge in [0.2, 0.25) is 0 Å². The molecule has 8 heavy (non-hydrogen) atoms. The summed E-state index contributed by atoms with van der Waals surface area (Å²) in [5, 5.41) is 10.2. The van der Waals surface area contributed by atoms with Gasteiger partial charge in [0.25, 0.3) is 0 Å². The Balaban J connectivity index is 2.41. The van der Waals surface area contributed by atoms with Crippen molar-refractivity contribution in [3.63, 3.8) is 0 Å².